The largest absolute Gasteiger partial charge is 0.362 e. The lowest BCUT2D eigenvalue weighted by atomic mass is 9.86. The van der Waals surface area contributed by atoms with E-state index in [-0.39, 0.29) is 10.8 Å². The fourth-order valence-corrected chi connectivity index (χ4v) is 5.98. The van der Waals surface area contributed by atoms with Crippen molar-refractivity contribution in [1.82, 2.24) is 4.90 Å². The van der Waals surface area contributed by atoms with Crippen molar-refractivity contribution in [3.05, 3.63) is 24.3 Å². The van der Waals surface area contributed by atoms with Crippen LogP contribution in [0.1, 0.15) is 44.9 Å². The quantitative estimate of drug-likeness (QED) is 0.838. The third-order valence-electron chi connectivity index (χ3n) is 6.33. The van der Waals surface area contributed by atoms with Crippen LogP contribution in [0.15, 0.2) is 33.6 Å². The number of carbonyl (C=O) groups excluding carboxylic acids is 1. The summed E-state index contributed by atoms with van der Waals surface area (Å²) in [5.41, 5.74) is 0.632. The summed E-state index contributed by atoms with van der Waals surface area (Å²) in [6, 6.07) is 6.32. The van der Waals surface area contributed by atoms with Gasteiger partial charge in [0.2, 0.25) is 5.91 Å². The maximum Gasteiger partial charge on any atom is 0.283 e. The topological polar surface area (TPSA) is 78.8 Å². The van der Waals surface area contributed by atoms with E-state index in [9.17, 15) is 13.2 Å². The standard InChI is InChI=1S/C20H27N3O3S/c1-23-10-2-3-19(23)22-27(25,26)18-8-6-17(7-9-18)21-20(24)13-16-12-14-4-5-15(16)11-14/h6-9,14-16H,2-5,10-13H2,1H3,(H,21,24)/t14-,15+,16-/m0/s1. The number of sulfonamides is 1. The summed E-state index contributed by atoms with van der Waals surface area (Å²) in [7, 11) is -1.86. The predicted octanol–water partition coefficient (Wildman–Crippen LogP) is 3.26. The summed E-state index contributed by atoms with van der Waals surface area (Å²) in [4.78, 5) is 14.4. The fourth-order valence-electron chi connectivity index (χ4n) is 4.89. The lowest BCUT2D eigenvalue weighted by Gasteiger charge is -2.20. The van der Waals surface area contributed by atoms with Crippen LogP contribution in [0.2, 0.25) is 0 Å². The van der Waals surface area contributed by atoms with Crippen LogP contribution in [0, 0.1) is 17.8 Å². The molecule has 2 bridgehead atoms. The van der Waals surface area contributed by atoms with E-state index in [0.29, 0.717) is 30.3 Å². The number of nitrogens with zero attached hydrogens (tertiary/aromatic N) is 2. The van der Waals surface area contributed by atoms with E-state index in [1.165, 1.54) is 37.8 Å². The van der Waals surface area contributed by atoms with Crippen LogP contribution in [0.5, 0.6) is 0 Å². The van der Waals surface area contributed by atoms with Crippen molar-refractivity contribution in [3.63, 3.8) is 0 Å². The van der Waals surface area contributed by atoms with E-state index >= 15 is 0 Å². The third-order valence-corrected chi connectivity index (χ3v) is 7.65. The summed E-state index contributed by atoms with van der Waals surface area (Å²) >= 11 is 0. The second-order valence-corrected chi connectivity index (χ2v) is 9.82. The zero-order valence-electron chi connectivity index (χ0n) is 15.7. The summed E-state index contributed by atoms with van der Waals surface area (Å²) < 4.78 is 28.9. The third kappa shape index (κ3) is 4.03. The number of hydrogen-bond donors (Lipinski definition) is 1. The summed E-state index contributed by atoms with van der Waals surface area (Å²) in [5.74, 6) is 2.70. The minimum absolute atomic E-state index is 0.0241. The Labute approximate surface area is 161 Å². The molecule has 1 aliphatic heterocycles. The molecule has 146 valence electrons. The van der Waals surface area contributed by atoms with Gasteiger partial charge in [-0.25, -0.2) is 0 Å². The van der Waals surface area contributed by atoms with Gasteiger partial charge in [-0.05, 0) is 67.7 Å². The van der Waals surface area contributed by atoms with Crippen LogP contribution < -0.4 is 5.32 Å². The van der Waals surface area contributed by atoms with Crippen molar-refractivity contribution >= 4 is 27.5 Å². The Balaban J connectivity index is 1.38. The fraction of sp³-hybridized carbons (Fsp3) is 0.600. The van der Waals surface area contributed by atoms with Crippen molar-refractivity contribution in [3.8, 4) is 0 Å². The first-order valence-corrected chi connectivity index (χ1v) is 11.3. The van der Waals surface area contributed by atoms with Crippen LogP contribution >= 0.6 is 0 Å². The van der Waals surface area contributed by atoms with Gasteiger partial charge in [-0.2, -0.15) is 8.42 Å². The molecule has 0 spiro atoms. The van der Waals surface area contributed by atoms with Crippen LogP contribution in [0.4, 0.5) is 5.69 Å². The Morgan fingerprint density at radius 1 is 1.22 bits per heavy atom. The summed E-state index contributed by atoms with van der Waals surface area (Å²) in [6.45, 7) is 0.835. The average Bonchev–Trinajstić information content (AvgIpc) is 3.33. The molecule has 0 aromatic heterocycles. The smallest absolute Gasteiger partial charge is 0.283 e. The molecule has 4 rings (SSSR count). The molecule has 0 unspecified atom stereocenters. The molecule has 3 aliphatic rings. The highest BCUT2D eigenvalue weighted by atomic mass is 32.2. The highest BCUT2D eigenvalue weighted by Gasteiger charge is 2.40. The normalized spacial score (nSPS) is 28.9. The van der Waals surface area contributed by atoms with Crippen LogP contribution in [0.25, 0.3) is 0 Å². The number of likely N-dealkylation sites (tertiary alicyclic amines) is 1. The van der Waals surface area contributed by atoms with E-state index < -0.39 is 10.0 Å². The molecule has 7 heteroatoms. The number of anilines is 1. The Morgan fingerprint density at radius 3 is 2.59 bits per heavy atom. The van der Waals surface area contributed by atoms with E-state index in [2.05, 4.69) is 9.71 Å². The monoisotopic (exact) mass is 389 g/mol. The predicted molar refractivity (Wildman–Crippen MR) is 105 cm³/mol. The number of carbonyl (C=O) groups is 1. The molecule has 3 fully saturated rings. The number of nitrogens with one attached hydrogen (secondary N) is 1. The number of benzene rings is 1. The van der Waals surface area contributed by atoms with E-state index in [0.717, 1.165) is 24.8 Å². The molecule has 1 saturated heterocycles. The Kier molecular flexibility index (Phi) is 4.97. The Bertz CT molecular complexity index is 848. The average molecular weight is 390 g/mol. The maximum atomic E-state index is 12.5. The second kappa shape index (κ2) is 7.26. The minimum Gasteiger partial charge on any atom is -0.362 e. The van der Waals surface area contributed by atoms with Gasteiger partial charge in [0, 0.05) is 32.1 Å². The molecular weight excluding hydrogens is 362 g/mol. The van der Waals surface area contributed by atoms with Gasteiger partial charge >= 0.3 is 0 Å². The van der Waals surface area contributed by atoms with E-state index in [1.54, 1.807) is 12.1 Å². The lowest BCUT2D eigenvalue weighted by Crippen LogP contribution is -2.20. The Morgan fingerprint density at radius 2 is 2.00 bits per heavy atom. The van der Waals surface area contributed by atoms with E-state index in [1.807, 2.05) is 11.9 Å². The number of amidine groups is 1. The zero-order chi connectivity index (χ0) is 19.0. The van der Waals surface area contributed by atoms with Crippen LogP contribution in [-0.2, 0) is 14.8 Å². The first kappa shape index (κ1) is 18.5. The van der Waals surface area contributed by atoms with Gasteiger partial charge < -0.3 is 10.2 Å². The minimum atomic E-state index is -3.71. The first-order valence-electron chi connectivity index (χ1n) is 9.85. The highest BCUT2D eigenvalue weighted by molar-refractivity contribution is 7.90. The molecule has 1 N–H and O–H groups in total. The van der Waals surface area contributed by atoms with E-state index in [4.69, 9.17) is 0 Å². The zero-order valence-corrected chi connectivity index (χ0v) is 16.5. The van der Waals surface area contributed by atoms with Gasteiger partial charge in [0.05, 0.1) is 4.90 Å². The molecule has 1 amide bonds. The molecule has 2 aliphatic carbocycles. The summed E-state index contributed by atoms with van der Waals surface area (Å²) in [5, 5.41) is 2.91. The van der Waals surface area contributed by atoms with Crippen molar-refractivity contribution in [2.45, 2.75) is 49.8 Å². The van der Waals surface area contributed by atoms with Gasteiger partial charge in [-0.15, -0.1) is 4.40 Å². The number of amides is 1. The molecule has 1 aromatic rings. The molecule has 27 heavy (non-hydrogen) atoms. The van der Waals surface area contributed by atoms with Gasteiger partial charge in [-0.1, -0.05) is 6.42 Å². The molecular formula is C20H27N3O3S. The molecule has 1 heterocycles. The molecule has 0 radical (unpaired) electrons. The van der Waals surface area contributed by atoms with Gasteiger partial charge in [0.25, 0.3) is 10.0 Å². The molecule has 2 saturated carbocycles. The number of hydrogen-bond acceptors (Lipinski definition) is 3. The van der Waals surface area contributed by atoms with Crippen molar-refractivity contribution < 1.29 is 13.2 Å². The van der Waals surface area contributed by atoms with Gasteiger partial charge in [-0.3, -0.25) is 4.79 Å². The second-order valence-electron chi connectivity index (χ2n) is 8.22. The van der Waals surface area contributed by atoms with Crippen LogP contribution in [-0.4, -0.2) is 38.7 Å². The molecule has 1 aromatic carbocycles. The number of fused-ring (bicyclic) bond motifs is 2. The van der Waals surface area contributed by atoms with Gasteiger partial charge in [0.15, 0.2) is 0 Å². The van der Waals surface area contributed by atoms with Crippen LogP contribution in [0.3, 0.4) is 0 Å². The SMILES string of the molecule is CN1CCCC1=NS(=O)(=O)c1ccc(NC(=O)C[C@@H]2C[C@H]3CC[C@@H]2C3)cc1. The lowest BCUT2D eigenvalue weighted by molar-refractivity contribution is -0.117. The van der Waals surface area contributed by atoms with Crippen molar-refractivity contribution in [2.24, 2.45) is 22.2 Å². The highest BCUT2D eigenvalue weighted by Crippen LogP contribution is 2.49. The van der Waals surface area contributed by atoms with Gasteiger partial charge in [0.1, 0.15) is 5.84 Å². The summed E-state index contributed by atoms with van der Waals surface area (Å²) in [6.07, 6.45) is 7.27. The molecule has 6 nitrogen and oxygen atoms in total. The Hall–Kier alpha value is -1.89. The van der Waals surface area contributed by atoms with Crippen molar-refractivity contribution in [2.75, 3.05) is 18.9 Å². The molecule has 3 atom stereocenters. The van der Waals surface area contributed by atoms with Crippen molar-refractivity contribution in [1.29, 1.82) is 0 Å². The number of rotatable bonds is 5. The first-order chi connectivity index (χ1) is 12.9. The maximum absolute atomic E-state index is 12.5.